The van der Waals surface area contributed by atoms with Gasteiger partial charge in [-0.05, 0) is 17.7 Å². The van der Waals surface area contributed by atoms with E-state index in [4.69, 9.17) is 4.74 Å². The number of methoxy groups -OCH3 is 1. The average molecular weight is 235 g/mol. The predicted octanol–water partition coefficient (Wildman–Crippen LogP) is 1.21. The van der Waals surface area contributed by atoms with Gasteiger partial charge in [0, 0.05) is 26.0 Å². The van der Waals surface area contributed by atoms with Crippen molar-refractivity contribution in [2.45, 2.75) is 12.5 Å². The van der Waals surface area contributed by atoms with E-state index >= 15 is 0 Å². The largest absolute Gasteiger partial charge is 0.497 e. The summed E-state index contributed by atoms with van der Waals surface area (Å²) in [6, 6.07) is 7.61. The van der Waals surface area contributed by atoms with E-state index in [-0.39, 0.29) is 24.5 Å². The Bertz CT molecular complexity index is 402. The van der Waals surface area contributed by atoms with Crippen LogP contribution in [0.15, 0.2) is 24.3 Å². The van der Waals surface area contributed by atoms with Crippen molar-refractivity contribution in [2.75, 3.05) is 20.8 Å². The highest BCUT2D eigenvalue weighted by atomic mass is 16.5. The number of ether oxygens (including phenoxy) is 1. The summed E-state index contributed by atoms with van der Waals surface area (Å²) in [5.41, 5.74) is 1.04. The van der Waals surface area contributed by atoms with Gasteiger partial charge in [-0.15, -0.1) is 0 Å². The number of carbonyl (C=O) groups excluding carboxylic acids is 1. The third-order valence-electron chi connectivity index (χ3n) is 3.39. The fourth-order valence-corrected chi connectivity index (χ4v) is 2.41. The van der Waals surface area contributed by atoms with E-state index in [2.05, 4.69) is 0 Å². The van der Waals surface area contributed by atoms with Crippen molar-refractivity contribution in [3.63, 3.8) is 0 Å². The van der Waals surface area contributed by atoms with E-state index in [1.54, 1.807) is 19.1 Å². The van der Waals surface area contributed by atoms with Crippen LogP contribution in [0, 0.1) is 5.92 Å². The first-order chi connectivity index (χ1) is 8.17. The molecule has 1 heterocycles. The molecule has 1 N–H and O–H groups in total. The maximum atomic E-state index is 11.6. The van der Waals surface area contributed by atoms with E-state index < -0.39 is 0 Å². The first-order valence-corrected chi connectivity index (χ1v) is 5.68. The van der Waals surface area contributed by atoms with E-state index in [1.807, 2.05) is 24.3 Å². The van der Waals surface area contributed by atoms with Gasteiger partial charge in [0.05, 0.1) is 13.2 Å². The number of benzene rings is 1. The van der Waals surface area contributed by atoms with Crippen LogP contribution in [0.25, 0.3) is 0 Å². The Hall–Kier alpha value is -1.55. The van der Waals surface area contributed by atoms with Crippen LogP contribution in [-0.2, 0) is 4.79 Å². The van der Waals surface area contributed by atoms with Crippen molar-refractivity contribution in [3.05, 3.63) is 29.8 Å². The molecule has 0 aliphatic carbocycles. The molecule has 0 unspecified atom stereocenters. The Labute approximate surface area is 101 Å². The summed E-state index contributed by atoms with van der Waals surface area (Å²) in [5.74, 6) is 0.868. The molecule has 4 nitrogen and oxygen atoms in total. The zero-order valence-corrected chi connectivity index (χ0v) is 10.1. The van der Waals surface area contributed by atoms with Crippen LogP contribution in [-0.4, -0.2) is 36.7 Å². The molecular formula is C13H17NO3. The molecule has 1 aliphatic heterocycles. The van der Waals surface area contributed by atoms with Gasteiger partial charge in [0.2, 0.25) is 5.91 Å². The molecule has 1 aromatic carbocycles. The van der Waals surface area contributed by atoms with Crippen LogP contribution in [0.2, 0.25) is 0 Å². The second-order valence-corrected chi connectivity index (χ2v) is 4.37. The van der Waals surface area contributed by atoms with Gasteiger partial charge in [-0.1, -0.05) is 12.1 Å². The molecule has 1 saturated heterocycles. The summed E-state index contributed by atoms with van der Waals surface area (Å²) < 4.78 is 5.10. The number of hydrogen-bond acceptors (Lipinski definition) is 3. The van der Waals surface area contributed by atoms with Crippen LogP contribution in [0.3, 0.4) is 0 Å². The van der Waals surface area contributed by atoms with Crippen LogP contribution < -0.4 is 4.74 Å². The molecule has 1 fully saturated rings. The Morgan fingerprint density at radius 2 is 2.06 bits per heavy atom. The molecule has 1 aromatic rings. The first-order valence-electron chi connectivity index (χ1n) is 5.68. The molecule has 0 saturated carbocycles. The standard InChI is InChI=1S/C13H17NO3/c1-14-12(16)7-10(8-15)13(14)9-3-5-11(17-2)6-4-9/h3-6,10,13,15H,7-8H2,1-2H3/t10-,13-/m0/s1. The number of amides is 1. The van der Waals surface area contributed by atoms with Gasteiger partial charge in [0.15, 0.2) is 0 Å². The minimum absolute atomic E-state index is 0.0131. The third-order valence-corrected chi connectivity index (χ3v) is 3.39. The van der Waals surface area contributed by atoms with Gasteiger partial charge >= 0.3 is 0 Å². The Kier molecular flexibility index (Phi) is 3.33. The van der Waals surface area contributed by atoms with Gasteiger partial charge in [-0.2, -0.15) is 0 Å². The SMILES string of the molecule is COc1ccc([C@H]2[C@H](CO)CC(=O)N2C)cc1. The molecule has 1 aliphatic rings. The molecular weight excluding hydrogens is 218 g/mol. The number of hydrogen-bond donors (Lipinski definition) is 1. The maximum absolute atomic E-state index is 11.6. The van der Waals surface area contributed by atoms with E-state index in [0.29, 0.717) is 6.42 Å². The fourth-order valence-electron chi connectivity index (χ4n) is 2.41. The lowest BCUT2D eigenvalue weighted by atomic mass is 9.94. The van der Waals surface area contributed by atoms with Gasteiger partial charge in [-0.3, -0.25) is 4.79 Å². The highest BCUT2D eigenvalue weighted by Crippen LogP contribution is 2.36. The minimum atomic E-state index is -0.0293. The molecule has 92 valence electrons. The molecule has 4 heteroatoms. The smallest absolute Gasteiger partial charge is 0.223 e. The quantitative estimate of drug-likeness (QED) is 0.856. The van der Waals surface area contributed by atoms with Crippen molar-refractivity contribution >= 4 is 5.91 Å². The number of rotatable bonds is 3. The first kappa shape index (κ1) is 11.9. The Balaban J connectivity index is 2.27. The molecule has 2 atom stereocenters. The molecule has 2 rings (SSSR count). The lowest BCUT2D eigenvalue weighted by Crippen LogP contribution is -2.25. The second kappa shape index (κ2) is 4.75. The zero-order valence-electron chi connectivity index (χ0n) is 10.1. The van der Waals surface area contributed by atoms with Crippen molar-refractivity contribution in [2.24, 2.45) is 5.92 Å². The van der Waals surface area contributed by atoms with Crippen LogP contribution in [0.1, 0.15) is 18.0 Å². The third kappa shape index (κ3) is 2.13. The van der Waals surface area contributed by atoms with Crippen LogP contribution in [0.4, 0.5) is 0 Å². The summed E-state index contributed by atoms with van der Waals surface area (Å²) in [6.45, 7) is 0.0345. The molecule has 17 heavy (non-hydrogen) atoms. The maximum Gasteiger partial charge on any atom is 0.223 e. The van der Waals surface area contributed by atoms with Crippen molar-refractivity contribution in [1.82, 2.24) is 4.90 Å². The number of carbonyl (C=O) groups is 1. The summed E-state index contributed by atoms with van der Waals surface area (Å²) in [6.07, 6.45) is 0.420. The summed E-state index contributed by atoms with van der Waals surface area (Å²) in [5, 5.41) is 9.33. The van der Waals surface area contributed by atoms with Gasteiger partial charge < -0.3 is 14.7 Å². The normalized spacial score (nSPS) is 24.2. The number of aliphatic hydroxyl groups excluding tert-OH is 1. The van der Waals surface area contributed by atoms with E-state index in [9.17, 15) is 9.90 Å². The fraction of sp³-hybridized carbons (Fsp3) is 0.462. The second-order valence-electron chi connectivity index (χ2n) is 4.37. The zero-order chi connectivity index (χ0) is 12.4. The van der Waals surface area contributed by atoms with Gasteiger partial charge in [-0.25, -0.2) is 0 Å². The monoisotopic (exact) mass is 235 g/mol. The van der Waals surface area contributed by atoms with Crippen molar-refractivity contribution < 1.29 is 14.6 Å². The van der Waals surface area contributed by atoms with Crippen LogP contribution >= 0.6 is 0 Å². The molecule has 0 radical (unpaired) electrons. The summed E-state index contributed by atoms with van der Waals surface area (Å²) in [7, 11) is 3.41. The van der Waals surface area contributed by atoms with Gasteiger partial charge in [0.25, 0.3) is 0 Å². The number of nitrogens with zero attached hydrogens (tertiary/aromatic N) is 1. The lowest BCUT2D eigenvalue weighted by molar-refractivity contribution is -0.127. The lowest BCUT2D eigenvalue weighted by Gasteiger charge is -2.24. The van der Waals surface area contributed by atoms with E-state index in [0.717, 1.165) is 11.3 Å². The van der Waals surface area contributed by atoms with Crippen LogP contribution in [0.5, 0.6) is 5.75 Å². The van der Waals surface area contributed by atoms with Crippen molar-refractivity contribution in [3.8, 4) is 5.75 Å². The highest BCUT2D eigenvalue weighted by molar-refractivity contribution is 5.79. The Morgan fingerprint density at radius 3 is 2.59 bits per heavy atom. The topological polar surface area (TPSA) is 49.8 Å². The summed E-state index contributed by atoms with van der Waals surface area (Å²) >= 11 is 0. The molecule has 0 spiro atoms. The molecule has 0 bridgehead atoms. The number of likely N-dealkylation sites (tertiary alicyclic amines) is 1. The van der Waals surface area contributed by atoms with Crippen molar-refractivity contribution in [1.29, 1.82) is 0 Å². The number of aliphatic hydroxyl groups is 1. The average Bonchev–Trinajstić information content (AvgIpc) is 2.65. The summed E-state index contributed by atoms with van der Waals surface area (Å²) in [4.78, 5) is 13.4. The molecule has 1 amide bonds. The molecule has 0 aromatic heterocycles. The predicted molar refractivity (Wildman–Crippen MR) is 63.7 cm³/mol. The Morgan fingerprint density at radius 1 is 1.41 bits per heavy atom. The van der Waals surface area contributed by atoms with Gasteiger partial charge in [0.1, 0.15) is 5.75 Å². The minimum Gasteiger partial charge on any atom is -0.497 e. The highest BCUT2D eigenvalue weighted by Gasteiger charge is 2.37. The van der Waals surface area contributed by atoms with E-state index in [1.165, 1.54) is 0 Å².